The van der Waals surface area contributed by atoms with Crippen LogP contribution in [0.5, 0.6) is 0 Å². The Morgan fingerprint density at radius 3 is 2.48 bits per heavy atom. The number of amides is 2. The minimum Gasteiger partial charge on any atom is -0.376 e. The number of ether oxygens (including phenoxy) is 1. The van der Waals surface area contributed by atoms with E-state index in [2.05, 4.69) is 0 Å². The van der Waals surface area contributed by atoms with Crippen LogP contribution in [0, 0.1) is 0 Å². The Kier molecular flexibility index (Phi) is 6.30. The first-order valence-corrected chi connectivity index (χ1v) is 10.7. The Labute approximate surface area is 181 Å². The van der Waals surface area contributed by atoms with Gasteiger partial charge in [0.1, 0.15) is 0 Å². The van der Waals surface area contributed by atoms with E-state index < -0.39 is 5.06 Å². The second-order valence-electron chi connectivity index (χ2n) is 7.35. The highest BCUT2D eigenvalue weighted by atomic mass is 35.5. The van der Waals surface area contributed by atoms with Crippen LogP contribution in [0.3, 0.4) is 0 Å². The summed E-state index contributed by atoms with van der Waals surface area (Å²) in [5, 5.41) is 0.386. The summed E-state index contributed by atoms with van der Waals surface area (Å²) in [6, 6.07) is 16.5. The smallest absolute Gasteiger partial charge is 0.344 e. The minimum atomic E-state index is -1.45. The quantitative estimate of drug-likeness (QED) is 0.473. The number of hydroxylamine groups is 2. The van der Waals surface area contributed by atoms with E-state index >= 15 is 0 Å². The zero-order valence-electron chi connectivity index (χ0n) is 16.1. The lowest BCUT2D eigenvalue weighted by atomic mass is 10.0. The molecule has 2 aromatic carbocycles. The average Bonchev–Trinajstić information content (AvgIpc) is 3.20. The molecule has 5 nitrogen and oxygen atoms in total. The summed E-state index contributed by atoms with van der Waals surface area (Å²) in [6.45, 7) is 2.46. The van der Waals surface area contributed by atoms with Crippen molar-refractivity contribution in [2.75, 3.05) is 26.2 Å². The first-order valence-electron chi connectivity index (χ1n) is 9.94. The number of likely N-dealkylation sites (tertiary alicyclic amines) is 1. The standard InChI is InChI=1S/C22H24Cl2N2O3/c23-20-12-5-4-11-19(20)22(24,17-8-2-1-3-9-17)29-26(16-18-10-6-15-28-18)21(27)25-13-7-14-25/h1-5,8-9,11-12,18H,6-7,10,13-16H2. The highest BCUT2D eigenvalue weighted by Gasteiger charge is 2.41. The van der Waals surface area contributed by atoms with Crippen molar-refractivity contribution in [2.45, 2.75) is 30.4 Å². The summed E-state index contributed by atoms with van der Waals surface area (Å²) in [7, 11) is 0. The molecule has 0 saturated carbocycles. The lowest BCUT2D eigenvalue weighted by Crippen LogP contribution is -2.53. The van der Waals surface area contributed by atoms with Crippen LogP contribution in [0.15, 0.2) is 54.6 Å². The van der Waals surface area contributed by atoms with Gasteiger partial charge in [0.25, 0.3) is 0 Å². The first kappa shape index (κ1) is 20.5. The van der Waals surface area contributed by atoms with Crippen LogP contribution in [0.4, 0.5) is 4.79 Å². The maximum atomic E-state index is 13.1. The van der Waals surface area contributed by atoms with Crippen molar-refractivity contribution in [1.29, 1.82) is 0 Å². The molecule has 0 N–H and O–H groups in total. The van der Waals surface area contributed by atoms with Crippen molar-refractivity contribution in [3.63, 3.8) is 0 Å². The lowest BCUT2D eigenvalue weighted by Gasteiger charge is -2.40. The van der Waals surface area contributed by atoms with Crippen LogP contribution in [-0.4, -0.2) is 48.3 Å². The zero-order valence-corrected chi connectivity index (χ0v) is 17.6. The van der Waals surface area contributed by atoms with Crippen LogP contribution >= 0.6 is 23.2 Å². The van der Waals surface area contributed by atoms with Gasteiger partial charge in [-0.3, -0.25) is 0 Å². The molecular weight excluding hydrogens is 411 g/mol. The number of halogens is 2. The van der Waals surface area contributed by atoms with Gasteiger partial charge in [0.05, 0.1) is 12.6 Å². The molecule has 4 rings (SSSR count). The van der Waals surface area contributed by atoms with Gasteiger partial charge in [0.2, 0.25) is 5.06 Å². The van der Waals surface area contributed by atoms with Gasteiger partial charge in [-0.2, -0.15) is 5.06 Å². The molecule has 2 amide bonds. The van der Waals surface area contributed by atoms with Crippen LogP contribution < -0.4 is 0 Å². The largest absolute Gasteiger partial charge is 0.376 e. The number of alkyl halides is 1. The third-order valence-corrected chi connectivity index (χ3v) is 6.16. The number of rotatable bonds is 6. The van der Waals surface area contributed by atoms with Gasteiger partial charge in [-0.25, -0.2) is 9.63 Å². The van der Waals surface area contributed by atoms with Crippen LogP contribution in [0.2, 0.25) is 5.02 Å². The van der Waals surface area contributed by atoms with Crippen molar-refractivity contribution in [3.8, 4) is 0 Å². The van der Waals surface area contributed by atoms with E-state index in [4.69, 9.17) is 32.8 Å². The molecule has 2 heterocycles. The van der Waals surface area contributed by atoms with Crippen LogP contribution in [-0.2, 0) is 14.6 Å². The van der Waals surface area contributed by atoms with E-state index in [0.29, 0.717) is 29.3 Å². The van der Waals surface area contributed by atoms with E-state index in [-0.39, 0.29) is 12.1 Å². The fraction of sp³-hybridized carbons (Fsp3) is 0.409. The van der Waals surface area contributed by atoms with Gasteiger partial charge in [-0.1, -0.05) is 71.7 Å². The van der Waals surface area contributed by atoms with Crippen molar-refractivity contribution < 1.29 is 14.4 Å². The molecule has 0 radical (unpaired) electrons. The SMILES string of the molecule is O=C(N1CCC1)N(CC1CCCO1)OC(Cl)(c1ccccc1)c1ccccc1Cl. The molecule has 0 aliphatic carbocycles. The van der Waals surface area contributed by atoms with Gasteiger partial charge >= 0.3 is 6.03 Å². The van der Waals surface area contributed by atoms with E-state index in [1.54, 1.807) is 11.0 Å². The molecule has 2 atom stereocenters. The maximum Gasteiger partial charge on any atom is 0.344 e. The number of benzene rings is 2. The number of carbonyl (C=O) groups excluding carboxylic acids is 1. The summed E-state index contributed by atoms with van der Waals surface area (Å²) in [5.41, 5.74) is 1.28. The summed E-state index contributed by atoms with van der Waals surface area (Å²) >= 11 is 13.6. The highest BCUT2D eigenvalue weighted by molar-refractivity contribution is 6.33. The Bertz CT molecular complexity index is 841. The van der Waals surface area contributed by atoms with Crippen molar-refractivity contribution in [3.05, 3.63) is 70.7 Å². The molecule has 2 aliphatic rings. The molecule has 0 aromatic heterocycles. The topological polar surface area (TPSA) is 42.0 Å². The predicted octanol–water partition coefficient (Wildman–Crippen LogP) is 5.02. The minimum absolute atomic E-state index is 0.0665. The highest BCUT2D eigenvalue weighted by Crippen LogP contribution is 2.42. The van der Waals surface area contributed by atoms with Crippen LogP contribution in [0.25, 0.3) is 0 Å². The summed E-state index contributed by atoms with van der Waals surface area (Å²) in [5.74, 6) is 0. The van der Waals surface area contributed by atoms with E-state index in [0.717, 1.165) is 32.4 Å². The molecule has 2 saturated heterocycles. The van der Waals surface area contributed by atoms with Gasteiger partial charge in [-0.05, 0) is 25.3 Å². The van der Waals surface area contributed by atoms with Crippen molar-refractivity contribution in [1.82, 2.24) is 9.96 Å². The molecule has 2 fully saturated rings. The van der Waals surface area contributed by atoms with Crippen molar-refractivity contribution in [2.24, 2.45) is 0 Å². The van der Waals surface area contributed by atoms with Crippen molar-refractivity contribution >= 4 is 29.2 Å². The fourth-order valence-corrected chi connectivity index (χ4v) is 4.27. The monoisotopic (exact) mass is 434 g/mol. The lowest BCUT2D eigenvalue weighted by molar-refractivity contribution is -0.188. The fourth-order valence-electron chi connectivity index (χ4n) is 3.58. The summed E-state index contributed by atoms with van der Waals surface area (Å²) in [6.07, 6.45) is 2.79. The Balaban J connectivity index is 1.69. The third kappa shape index (κ3) is 4.38. The number of hydrogen-bond donors (Lipinski definition) is 0. The average molecular weight is 435 g/mol. The summed E-state index contributed by atoms with van der Waals surface area (Å²) < 4.78 is 5.75. The molecule has 0 bridgehead atoms. The van der Waals surface area contributed by atoms with E-state index in [1.807, 2.05) is 48.5 Å². The van der Waals surface area contributed by atoms with Gasteiger partial charge in [0, 0.05) is 35.8 Å². The maximum absolute atomic E-state index is 13.1. The van der Waals surface area contributed by atoms with Gasteiger partial charge in [0.15, 0.2) is 0 Å². The molecule has 7 heteroatoms. The second kappa shape index (κ2) is 8.92. The van der Waals surface area contributed by atoms with E-state index in [1.165, 1.54) is 5.06 Å². The zero-order chi connectivity index (χ0) is 20.3. The number of nitrogens with zero attached hydrogens (tertiary/aromatic N) is 2. The van der Waals surface area contributed by atoms with Gasteiger partial charge < -0.3 is 9.64 Å². The van der Waals surface area contributed by atoms with E-state index in [9.17, 15) is 4.79 Å². The normalized spacial score (nSPS) is 20.8. The molecule has 29 heavy (non-hydrogen) atoms. The van der Waals surface area contributed by atoms with Gasteiger partial charge in [-0.15, -0.1) is 0 Å². The molecule has 2 unspecified atom stereocenters. The molecular formula is C22H24Cl2N2O3. The molecule has 2 aromatic rings. The molecule has 2 aliphatic heterocycles. The molecule has 0 spiro atoms. The summed E-state index contributed by atoms with van der Waals surface area (Å²) in [4.78, 5) is 21.2. The Morgan fingerprint density at radius 1 is 1.14 bits per heavy atom. The Morgan fingerprint density at radius 2 is 1.86 bits per heavy atom. The number of urea groups is 1. The first-order chi connectivity index (χ1) is 14.1. The number of carbonyl (C=O) groups is 1. The third-order valence-electron chi connectivity index (χ3n) is 5.33. The number of hydrogen-bond acceptors (Lipinski definition) is 3. The Hall–Kier alpha value is -1.79. The van der Waals surface area contributed by atoms with Crippen LogP contribution in [0.1, 0.15) is 30.4 Å². The molecule has 154 valence electrons. The predicted molar refractivity (Wildman–Crippen MR) is 113 cm³/mol. The second-order valence-corrected chi connectivity index (χ2v) is 8.29.